The molecule has 0 radical (unpaired) electrons. The molecule has 6 heteroatoms. The predicted octanol–water partition coefficient (Wildman–Crippen LogP) is 3.92. The fraction of sp³-hybridized carbons (Fsp3) is 0.286. The van der Waals surface area contributed by atoms with Crippen molar-refractivity contribution in [2.45, 2.75) is 32.8 Å². The minimum Gasteiger partial charge on any atom is -0.481 e. The summed E-state index contributed by atoms with van der Waals surface area (Å²) in [6, 6.07) is 15.1. The van der Waals surface area contributed by atoms with Crippen LogP contribution in [0.4, 0.5) is 5.69 Å². The van der Waals surface area contributed by atoms with E-state index >= 15 is 0 Å². The Kier molecular flexibility index (Phi) is 7.38. The zero-order chi connectivity index (χ0) is 19.6. The zero-order valence-corrected chi connectivity index (χ0v) is 15.4. The van der Waals surface area contributed by atoms with E-state index in [1.54, 1.807) is 55.5 Å². The first kappa shape index (κ1) is 20.0. The molecule has 0 spiro atoms. The molecule has 2 aromatic carbocycles. The molecular formula is C21H22N2O4. The van der Waals surface area contributed by atoms with E-state index in [4.69, 9.17) is 14.7 Å². The normalized spacial score (nSPS) is 11.1. The number of nitriles is 1. The molecular weight excluding hydrogens is 344 g/mol. The predicted molar refractivity (Wildman–Crippen MR) is 102 cm³/mol. The highest BCUT2D eigenvalue weighted by atomic mass is 16.5. The lowest BCUT2D eigenvalue weighted by Gasteiger charge is -2.15. The third kappa shape index (κ3) is 6.15. The van der Waals surface area contributed by atoms with Crippen LogP contribution in [0.2, 0.25) is 0 Å². The van der Waals surface area contributed by atoms with Gasteiger partial charge in [0.25, 0.3) is 5.91 Å². The molecule has 27 heavy (non-hydrogen) atoms. The molecule has 0 aliphatic rings. The van der Waals surface area contributed by atoms with Gasteiger partial charge in [-0.1, -0.05) is 19.4 Å². The average Bonchev–Trinajstić information content (AvgIpc) is 2.68. The highest BCUT2D eigenvalue weighted by Gasteiger charge is 2.15. The van der Waals surface area contributed by atoms with Crippen molar-refractivity contribution in [1.29, 1.82) is 5.26 Å². The first-order valence-electron chi connectivity index (χ1n) is 8.78. The van der Waals surface area contributed by atoms with E-state index in [0.717, 1.165) is 12.8 Å². The summed E-state index contributed by atoms with van der Waals surface area (Å²) in [6.45, 7) is 4.05. The minimum absolute atomic E-state index is 0.340. The standard InChI is InChI=1S/C21H22N2O4/c1-3-4-12-26-21(25)17-8-10-19(11-9-17)27-15(2)20(24)23-18-7-5-6-16(13-18)14-22/h5-11,13,15H,3-4,12H2,1-2H3,(H,23,24)/t15-/m1/s1. The van der Waals surface area contributed by atoms with Gasteiger partial charge >= 0.3 is 5.97 Å². The van der Waals surface area contributed by atoms with E-state index in [-0.39, 0.29) is 11.9 Å². The van der Waals surface area contributed by atoms with Gasteiger partial charge in [0.15, 0.2) is 6.10 Å². The number of carbonyl (C=O) groups excluding carboxylic acids is 2. The smallest absolute Gasteiger partial charge is 0.338 e. The molecule has 0 bridgehead atoms. The van der Waals surface area contributed by atoms with Crippen LogP contribution < -0.4 is 10.1 Å². The number of unbranched alkanes of at least 4 members (excludes halogenated alkanes) is 1. The van der Waals surface area contributed by atoms with Crippen molar-refractivity contribution in [3.8, 4) is 11.8 Å². The Morgan fingerprint density at radius 1 is 1.19 bits per heavy atom. The molecule has 6 nitrogen and oxygen atoms in total. The molecule has 0 fully saturated rings. The first-order chi connectivity index (χ1) is 13.0. The molecule has 0 unspecified atom stereocenters. The second-order valence-electron chi connectivity index (χ2n) is 5.96. The van der Waals surface area contributed by atoms with Crippen molar-refractivity contribution in [3.63, 3.8) is 0 Å². The van der Waals surface area contributed by atoms with Crippen molar-refractivity contribution < 1.29 is 19.1 Å². The topological polar surface area (TPSA) is 88.4 Å². The van der Waals surface area contributed by atoms with Gasteiger partial charge < -0.3 is 14.8 Å². The van der Waals surface area contributed by atoms with Crippen LogP contribution in [0, 0.1) is 11.3 Å². The van der Waals surface area contributed by atoms with Crippen molar-refractivity contribution in [3.05, 3.63) is 59.7 Å². The number of rotatable bonds is 8. The van der Waals surface area contributed by atoms with Gasteiger partial charge in [-0.15, -0.1) is 0 Å². The molecule has 0 aliphatic heterocycles. The fourth-order valence-electron chi connectivity index (χ4n) is 2.23. The van der Waals surface area contributed by atoms with Crippen LogP contribution in [0.15, 0.2) is 48.5 Å². The lowest BCUT2D eigenvalue weighted by molar-refractivity contribution is -0.122. The highest BCUT2D eigenvalue weighted by molar-refractivity contribution is 5.94. The van der Waals surface area contributed by atoms with Gasteiger partial charge in [-0.2, -0.15) is 5.26 Å². The Morgan fingerprint density at radius 2 is 1.93 bits per heavy atom. The molecule has 0 heterocycles. The van der Waals surface area contributed by atoms with E-state index in [9.17, 15) is 9.59 Å². The summed E-state index contributed by atoms with van der Waals surface area (Å²) in [7, 11) is 0. The number of carbonyl (C=O) groups is 2. The number of benzene rings is 2. The Bertz CT molecular complexity index is 825. The van der Waals surface area contributed by atoms with Crippen LogP contribution in [0.5, 0.6) is 5.75 Å². The van der Waals surface area contributed by atoms with Gasteiger partial charge in [-0.25, -0.2) is 4.79 Å². The number of nitrogens with zero attached hydrogens (tertiary/aromatic N) is 1. The van der Waals surface area contributed by atoms with Crippen LogP contribution in [-0.4, -0.2) is 24.6 Å². The Morgan fingerprint density at radius 3 is 2.59 bits per heavy atom. The number of ether oxygens (including phenoxy) is 2. The van der Waals surface area contributed by atoms with Crippen LogP contribution in [-0.2, 0) is 9.53 Å². The molecule has 0 aliphatic carbocycles. The summed E-state index contributed by atoms with van der Waals surface area (Å²) in [5.41, 5.74) is 1.42. The number of amides is 1. The lowest BCUT2D eigenvalue weighted by Crippen LogP contribution is -2.30. The van der Waals surface area contributed by atoms with Gasteiger partial charge in [0.05, 0.1) is 23.8 Å². The number of nitrogens with one attached hydrogen (secondary N) is 1. The van der Waals surface area contributed by atoms with Crippen LogP contribution in [0.25, 0.3) is 0 Å². The van der Waals surface area contributed by atoms with Gasteiger partial charge in [-0.05, 0) is 55.8 Å². The van der Waals surface area contributed by atoms with E-state index in [0.29, 0.717) is 29.2 Å². The quantitative estimate of drug-likeness (QED) is 0.565. The summed E-state index contributed by atoms with van der Waals surface area (Å²) < 4.78 is 10.8. The number of hydrogen-bond acceptors (Lipinski definition) is 5. The summed E-state index contributed by atoms with van der Waals surface area (Å²) in [6.07, 6.45) is 1.04. The molecule has 140 valence electrons. The number of esters is 1. The maximum absolute atomic E-state index is 12.2. The molecule has 1 N–H and O–H groups in total. The second kappa shape index (κ2) is 9.97. The molecule has 1 atom stereocenters. The van der Waals surface area contributed by atoms with Crippen molar-refractivity contribution in [1.82, 2.24) is 0 Å². The van der Waals surface area contributed by atoms with E-state index in [1.807, 2.05) is 13.0 Å². The summed E-state index contributed by atoms with van der Waals surface area (Å²) in [5.74, 6) is -0.250. The molecule has 0 saturated heterocycles. The SMILES string of the molecule is CCCCOC(=O)c1ccc(O[C@H](C)C(=O)Nc2cccc(C#N)c2)cc1. The minimum atomic E-state index is -0.752. The van der Waals surface area contributed by atoms with Crippen molar-refractivity contribution in [2.75, 3.05) is 11.9 Å². The molecule has 2 rings (SSSR count). The fourth-order valence-corrected chi connectivity index (χ4v) is 2.23. The summed E-state index contributed by atoms with van der Waals surface area (Å²) in [4.78, 5) is 24.1. The maximum atomic E-state index is 12.2. The first-order valence-corrected chi connectivity index (χ1v) is 8.78. The third-order valence-corrected chi connectivity index (χ3v) is 3.76. The van der Waals surface area contributed by atoms with Gasteiger partial charge in [0, 0.05) is 5.69 Å². The maximum Gasteiger partial charge on any atom is 0.338 e. The van der Waals surface area contributed by atoms with Crippen molar-refractivity contribution in [2.24, 2.45) is 0 Å². The van der Waals surface area contributed by atoms with Gasteiger partial charge in [0.1, 0.15) is 5.75 Å². The number of hydrogen-bond donors (Lipinski definition) is 1. The summed E-state index contributed by atoms with van der Waals surface area (Å²) >= 11 is 0. The van der Waals surface area contributed by atoms with E-state index < -0.39 is 6.10 Å². The Hall–Kier alpha value is -3.33. The second-order valence-corrected chi connectivity index (χ2v) is 5.96. The van der Waals surface area contributed by atoms with Gasteiger partial charge in [0.2, 0.25) is 0 Å². The van der Waals surface area contributed by atoms with Crippen LogP contribution in [0.1, 0.15) is 42.6 Å². The van der Waals surface area contributed by atoms with Gasteiger partial charge in [-0.3, -0.25) is 4.79 Å². The third-order valence-electron chi connectivity index (χ3n) is 3.76. The zero-order valence-electron chi connectivity index (χ0n) is 15.4. The largest absolute Gasteiger partial charge is 0.481 e. The molecule has 0 aromatic heterocycles. The average molecular weight is 366 g/mol. The van der Waals surface area contributed by atoms with Crippen LogP contribution >= 0.6 is 0 Å². The monoisotopic (exact) mass is 366 g/mol. The van der Waals surface area contributed by atoms with Crippen LogP contribution in [0.3, 0.4) is 0 Å². The highest BCUT2D eigenvalue weighted by Crippen LogP contribution is 2.16. The lowest BCUT2D eigenvalue weighted by atomic mass is 10.2. The Labute approximate surface area is 158 Å². The van der Waals surface area contributed by atoms with E-state index in [2.05, 4.69) is 5.32 Å². The molecule has 1 amide bonds. The Balaban J connectivity index is 1.90. The molecule has 0 saturated carbocycles. The number of anilines is 1. The molecule has 2 aromatic rings. The van der Waals surface area contributed by atoms with E-state index in [1.165, 1.54) is 0 Å². The summed E-state index contributed by atoms with van der Waals surface area (Å²) in [5, 5.41) is 11.6. The van der Waals surface area contributed by atoms with Crippen molar-refractivity contribution >= 4 is 17.6 Å².